The van der Waals surface area contributed by atoms with Gasteiger partial charge in [0.2, 0.25) is 0 Å². The van der Waals surface area contributed by atoms with Crippen LogP contribution in [0.15, 0.2) is 34.9 Å². The number of hydrogen-bond donors (Lipinski definition) is 0. The second-order valence-electron chi connectivity index (χ2n) is 12.5. The molecule has 31 heavy (non-hydrogen) atoms. The van der Waals surface area contributed by atoms with Gasteiger partial charge in [0.15, 0.2) is 5.78 Å². The number of hydrogen-bond acceptors (Lipinski definition) is 2. The first-order chi connectivity index (χ1) is 14.6. The van der Waals surface area contributed by atoms with Gasteiger partial charge in [-0.2, -0.15) is 5.26 Å². The molecule has 5 aliphatic carbocycles. The minimum Gasteiger partial charge on any atom is -0.294 e. The molecule has 0 aromatic rings. The predicted octanol–water partition coefficient (Wildman–Crippen LogP) is 7.19. The van der Waals surface area contributed by atoms with Crippen molar-refractivity contribution in [2.45, 2.75) is 86.0 Å². The van der Waals surface area contributed by atoms with Crippen LogP contribution in [0.1, 0.15) is 86.0 Å². The second-order valence-corrected chi connectivity index (χ2v) is 12.5. The van der Waals surface area contributed by atoms with Crippen molar-refractivity contribution >= 4 is 5.78 Å². The van der Waals surface area contributed by atoms with Crippen LogP contribution in [-0.2, 0) is 4.79 Å². The third kappa shape index (κ3) is 2.84. The minimum atomic E-state index is -0.176. The van der Waals surface area contributed by atoms with Gasteiger partial charge in [0, 0.05) is 17.8 Å². The van der Waals surface area contributed by atoms with E-state index in [0.29, 0.717) is 11.8 Å². The van der Waals surface area contributed by atoms with Gasteiger partial charge in [-0.15, -0.1) is 0 Å². The van der Waals surface area contributed by atoms with Crippen LogP contribution in [0.2, 0.25) is 0 Å². The van der Waals surface area contributed by atoms with E-state index in [4.69, 9.17) is 0 Å². The van der Waals surface area contributed by atoms with Crippen LogP contribution in [0.3, 0.4) is 0 Å². The Bertz CT molecular complexity index is 946. The highest BCUT2D eigenvalue weighted by atomic mass is 16.1. The van der Waals surface area contributed by atoms with Gasteiger partial charge in [-0.1, -0.05) is 58.8 Å². The lowest BCUT2D eigenvalue weighted by Crippen LogP contribution is -2.55. The SMILES string of the molecule is CC1CCC2(C)CCC3(C)C4=CC=C5C(=CC(=O)C(CC#N)C5C)C4(C)CCC3C2C1. The topological polar surface area (TPSA) is 40.9 Å². The third-order valence-electron chi connectivity index (χ3n) is 10.8. The molecule has 8 atom stereocenters. The maximum absolute atomic E-state index is 13.0. The molecule has 0 aromatic carbocycles. The van der Waals surface area contributed by atoms with Gasteiger partial charge in [0.1, 0.15) is 0 Å². The van der Waals surface area contributed by atoms with Gasteiger partial charge in [-0.25, -0.2) is 0 Å². The molecule has 5 rings (SSSR count). The standard InChI is InChI=1S/C29H39NO/c1-18-8-11-27(3)13-14-29(5)22(24(27)16-18)9-12-28(4)23-17-25(31)21(10-15-30)19(2)20(23)6-7-26(28)29/h6-7,17-19,21-22,24H,8-14,16H2,1-5H3. The van der Waals surface area contributed by atoms with Crippen molar-refractivity contribution in [2.75, 3.05) is 0 Å². The van der Waals surface area contributed by atoms with Crippen molar-refractivity contribution < 1.29 is 4.79 Å². The van der Waals surface area contributed by atoms with E-state index in [1.54, 1.807) is 5.57 Å². The molecule has 2 nitrogen and oxygen atoms in total. The Hall–Kier alpha value is -1.62. The second kappa shape index (κ2) is 6.94. The summed E-state index contributed by atoms with van der Waals surface area (Å²) < 4.78 is 0. The van der Waals surface area contributed by atoms with E-state index in [1.807, 2.05) is 6.08 Å². The summed E-state index contributed by atoms with van der Waals surface area (Å²) in [4.78, 5) is 13.0. The van der Waals surface area contributed by atoms with Crippen LogP contribution in [0.25, 0.3) is 0 Å². The number of nitrogens with zero attached hydrogens (tertiary/aromatic N) is 1. The molecule has 0 radical (unpaired) electrons. The summed E-state index contributed by atoms with van der Waals surface area (Å²) in [6, 6.07) is 2.24. The zero-order chi connectivity index (χ0) is 22.2. The van der Waals surface area contributed by atoms with E-state index in [-0.39, 0.29) is 28.4 Å². The average molecular weight is 418 g/mol. The zero-order valence-corrected chi connectivity index (χ0v) is 20.1. The van der Waals surface area contributed by atoms with E-state index in [1.165, 1.54) is 49.7 Å². The van der Waals surface area contributed by atoms with Crippen molar-refractivity contribution in [3.8, 4) is 6.07 Å². The lowest BCUT2D eigenvalue weighted by atomic mass is 9.40. The van der Waals surface area contributed by atoms with Crippen molar-refractivity contribution in [1.82, 2.24) is 0 Å². The Balaban J connectivity index is 1.57. The fourth-order valence-corrected chi connectivity index (χ4v) is 8.76. The fraction of sp³-hybridized carbons (Fsp3) is 0.724. The number of nitriles is 1. The highest BCUT2D eigenvalue weighted by molar-refractivity contribution is 5.96. The average Bonchev–Trinajstić information content (AvgIpc) is 2.72. The van der Waals surface area contributed by atoms with Crippen LogP contribution < -0.4 is 0 Å². The van der Waals surface area contributed by atoms with Gasteiger partial charge < -0.3 is 0 Å². The zero-order valence-electron chi connectivity index (χ0n) is 20.1. The number of allylic oxidation sites excluding steroid dienone is 6. The maximum atomic E-state index is 13.0. The molecular formula is C29H39NO. The maximum Gasteiger partial charge on any atom is 0.160 e. The highest BCUT2D eigenvalue weighted by Crippen LogP contribution is 2.70. The molecule has 3 fully saturated rings. The van der Waals surface area contributed by atoms with E-state index in [2.05, 4.69) is 52.8 Å². The Morgan fingerprint density at radius 3 is 2.55 bits per heavy atom. The first-order valence-electron chi connectivity index (χ1n) is 12.7. The summed E-state index contributed by atoms with van der Waals surface area (Å²) in [6.07, 6.45) is 16.3. The molecule has 0 aliphatic heterocycles. The molecule has 5 aliphatic rings. The fourth-order valence-electron chi connectivity index (χ4n) is 8.76. The number of ketones is 1. The molecule has 0 aromatic heterocycles. The van der Waals surface area contributed by atoms with E-state index in [0.717, 1.165) is 24.2 Å². The summed E-state index contributed by atoms with van der Waals surface area (Å²) in [5.74, 6) is 2.61. The molecule has 0 saturated heterocycles. The van der Waals surface area contributed by atoms with Crippen molar-refractivity contribution in [1.29, 1.82) is 5.26 Å². The van der Waals surface area contributed by atoms with Crippen LogP contribution in [0.4, 0.5) is 0 Å². The number of fused-ring (bicyclic) bond motifs is 7. The summed E-state index contributed by atoms with van der Waals surface area (Å²) in [5.41, 5.74) is 4.95. The van der Waals surface area contributed by atoms with Gasteiger partial charge in [-0.3, -0.25) is 4.79 Å². The van der Waals surface area contributed by atoms with Crippen LogP contribution in [0.5, 0.6) is 0 Å². The Labute approximate surface area is 188 Å². The normalized spacial score (nSPS) is 48.7. The molecule has 0 spiro atoms. The summed E-state index contributed by atoms with van der Waals surface area (Å²) >= 11 is 0. The van der Waals surface area contributed by atoms with E-state index in [9.17, 15) is 10.1 Å². The first kappa shape index (κ1) is 21.2. The van der Waals surface area contributed by atoms with Gasteiger partial charge in [0.05, 0.1) is 6.07 Å². The van der Waals surface area contributed by atoms with E-state index < -0.39 is 0 Å². The molecule has 0 N–H and O–H groups in total. The highest BCUT2D eigenvalue weighted by Gasteiger charge is 2.60. The molecule has 0 amide bonds. The first-order valence-corrected chi connectivity index (χ1v) is 12.7. The Kier molecular flexibility index (Phi) is 4.75. The molecule has 166 valence electrons. The molecule has 0 heterocycles. The quantitative estimate of drug-likeness (QED) is 0.453. The number of rotatable bonds is 1. The monoisotopic (exact) mass is 417 g/mol. The Morgan fingerprint density at radius 2 is 1.81 bits per heavy atom. The molecule has 8 unspecified atom stereocenters. The van der Waals surface area contributed by atoms with Gasteiger partial charge in [-0.05, 0) is 90.2 Å². The number of carbonyl (C=O) groups excluding carboxylic acids is 1. The van der Waals surface area contributed by atoms with Crippen LogP contribution >= 0.6 is 0 Å². The molecule has 0 bridgehead atoms. The van der Waals surface area contributed by atoms with Crippen molar-refractivity contribution in [2.24, 2.45) is 45.8 Å². The third-order valence-corrected chi connectivity index (χ3v) is 10.8. The molecule has 3 saturated carbocycles. The van der Waals surface area contributed by atoms with E-state index >= 15 is 0 Å². The van der Waals surface area contributed by atoms with Gasteiger partial charge in [0.25, 0.3) is 0 Å². The lowest BCUT2D eigenvalue weighted by Gasteiger charge is -2.64. The smallest absolute Gasteiger partial charge is 0.160 e. The summed E-state index contributed by atoms with van der Waals surface area (Å²) in [6.45, 7) is 12.2. The van der Waals surface area contributed by atoms with Crippen molar-refractivity contribution in [3.63, 3.8) is 0 Å². The Morgan fingerprint density at radius 1 is 1.03 bits per heavy atom. The molecule has 2 heteroatoms. The number of carbonyl (C=O) groups is 1. The lowest BCUT2D eigenvalue weighted by molar-refractivity contribution is -0.119. The minimum absolute atomic E-state index is 0.0229. The summed E-state index contributed by atoms with van der Waals surface area (Å²) in [5, 5.41) is 9.23. The largest absolute Gasteiger partial charge is 0.294 e. The molecular weight excluding hydrogens is 378 g/mol. The predicted molar refractivity (Wildman–Crippen MR) is 125 cm³/mol. The van der Waals surface area contributed by atoms with Crippen LogP contribution in [0, 0.1) is 57.2 Å². The summed E-state index contributed by atoms with van der Waals surface area (Å²) in [7, 11) is 0. The van der Waals surface area contributed by atoms with Crippen molar-refractivity contribution in [3.05, 3.63) is 34.9 Å². The van der Waals surface area contributed by atoms with Crippen LogP contribution in [-0.4, -0.2) is 5.78 Å². The van der Waals surface area contributed by atoms with Gasteiger partial charge >= 0.3 is 0 Å².